The summed E-state index contributed by atoms with van der Waals surface area (Å²) in [5, 5.41) is 13.7. The van der Waals surface area contributed by atoms with Crippen LogP contribution >= 0.6 is 0 Å². The third kappa shape index (κ3) is 2.71. The van der Waals surface area contributed by atoms with Gasteiger partial charge in [-0.2, -0.15) is 0 Å². The fourth-order valence-corrected chi connectivity index (χ4v) is 1.82. The summed E-state index contributed by atoms with van der Waals surface area (Å²) in [4.78, 5) is 18.0. The summed E-state index contributed by atoms with van der Waals surface area (Å²) in [5.41, 5.74) is 1.56. The van der Waals surface area contributed by atoms with E-state index in [4.69, 9.17) is 0 Å². The standard InChI is InChI=1S/C13H13FN4O2/c1-8-10(4-3-5-11(8)18(19)20)6-15-13-12(14)9(2)16-7-17-13/h3-5,7H,6H2,1-2H3,(H,15,16,17). The lowest BCUT2D eigenvalue weighted by Crippen LogP contribution is -2.07. The van der Waals surface area contributed by atoms with Gasteiger partial charge in [-0.05, 0) is 19.4 Å². The highest BCUT2D eigenvalue weighted by molar-refractivity contribution is 5.46. The maximum absolute atomic E-state index is 13.7. The van der Waals surface area contributed by atoms with Gasteiger partial charge in [-0.3, -0.25) is 10.1 Å². The van der Waals surface area contributed by atoms with Crippen molar-refractivity contribution < 1.29 is 9.31 Å². The minimum absolute atomic E-state index is 0.0450. The first-order chi connectivity index (χ1) is 9.50. The first kappa shape index (κ1) is 13.9. The molecule has 0 bridgehead atoms. The Labute approximate surface area is 114 Å². The van der Waals surface area contributed by atoms with Gasteiger partial charge in [0.1, 0.15) is 6.33 Å². The summed E-state index contributed by atoms with van der Waals surface area (Å²) in [6.45, 7) is 3.46. The summed E-state index contributed by atoms with van der Waals surface area (Å²) in [7, 11) is 0. The predicted octanol–water partition coefficient (Wildman–Crippen LogP) is 2.75. The molecule has 1 aromatic carbocycles. The zero-order valence-electron chi connectivity index (χ0n) is 11.1. The summed E-state index contributed by atoms with van der Waals surface area (Å²) >= 11 is 0. The van der Waals surface area contributed by atoms with Crippen molar-refractivity contribution in [3.05, 3.63) is 57.3 Å². The fourth-order valence-electron chi connectivity index (χ4n) is 1.82. The van der Waals surface area contributed by atoms with Crippen molar-refractivity contribution in [3.63, 3.8) is 0 Å². The normalized spacial score (nSPS) is 10.3. The highest BCUT2D eigenvalue weighted by Gasteiger charge is 2.14. The molecular formula is C13H13FN4O2. The molecule has 1 N–H and O–H groups in total. The maximum atomic E-state index is 13.7. The molecule has 0 aliphatic rings. The van der Waals surface area contributed by atoms with E-state index in [2.05, 4.69) is 15.3 Å². The van der Waals surface area contributed by atoms with E-state index in [1.807, 2.05) is 0 Å². The van der Waals surface area contributed by atoms with Crippen LogP contribution in [0, 0.1) is 29.8 Å². The second-order valence-electron chi connectivity index (χ2n) is 4.29. The predicted molar refractivity (Wildman–Crippen MR) is 71.9 cm³/mol. The van der Waals surface area contributed by atoms with Gasteiger partial charge in [0.05, 0.1) is 10.6 Å². The Kier molecular flexibility index (Phi) is 3.88. The molecule has 0 radical (unpaired) electrons. The zero-order chi connectivity index (χ0) is 14.7. The van der Waals surface area contributed by atoms with Crippen LogP contribution < -0.4 is 5.32 Å². The Morgan fingerprint density at radius 2 is 2.10 bits per heavy atom. The number of benzene rings is 1. The number of nitro groups is 1. The average Bonchev–Trinajstić information content (AvgIpc) is 2.41. The first-order valence-electron chi connectivity index (χ1n) is 5.94. The van der Waals surface area contributed by atoms with Gasteiger partial charge in [0, 0.05) is 18.2 Å². The molecule has 6 nitrogen and oxygen atoms in total. The van der Waals surface area contributed by atoms with Crippen molar-refractivity contribution in [1.29, 1.82) is 0 Å². The van der Waals surface area contributed by atoms with Crippen molar-refractivity contribution >= 4 is 11.5 Å². The van der Waals surface area contributed by atoms with Crippen molar-refractivity contribution in [2.75, 3.05) is 5.32 Å². The van der Waals surface area contributed by atoms with E-state index in [1.165, 1.54) is 12.4 Å². The highest BCUT2D eigenvalue weighted by atomic mass is 19.1. The number of anilines is 1. The molecule has 0 atom stereocenters. The largest absolute Gasteiger partial charge is 0.363 e. The number of aromatic nitrogens is 2. The van der Waals surface area contributed by atoms with Gasteiger partial charge in [0.25, 0.3) is 5.69 Å². The molecule has 1 aromatic heterocycles. The van der Waals surface area contributed by atoms with Crippen LogP contribution in [0.1, 0.15) is 16.8 Å². The van der Waals surface area contributed by atoms with Gasteiger partial charge in [-0.25, -0.2) is 14.4 Å². The molecule has 0 aliphatic heterocycles. The van der Waals surface area contributed by atoms with Gasteiger partial charge in [-0.15, -0.1) is 0 Å². The minimum atomic E-state index is -0.518. The van der Waals surface area contributed by atoms with Crippen molar-refractivity contribution in [2.45, 2.75) is 20.4 Å². The highest BCUT2D eigenvalue weighted by Crippen LogP contribution is 2.22. The molecule has 0 saturated heterocycles. The van der Waals surface area contributed by atoms with E-state index in [1.54, 1.807) is 26.0 Å². The SMILES string of the molecule is Cc1ncnc(NCc2cccc([N+](=O)[O-])c2C)c1F. The van der Waals surface area contributed by atoms with Crippen molar-refractivity contribution in [1.82, 2.24) is 9.97 Å². The second-order valence-corrected chi connectivity index (χ2v) is 4.29. The molecule has 2 aromatic rings. The molecule has 0 fully saturated rings. The molecule has 20 heavy (non-hydrogen) atoms. The van der Waals surface area contributed by atoms with Crippen LogP contribution in [0.3, 0.4) is 0 Å². The summed E-state index contributed by atoms with van der Waals surface area (Å²) in [6, 6.07) is 4.79. The van der Waals surface area contributed by atoms with Crippen LogP contribution in [0.5, 0.6) is 0 Å². The van der Waals surface area contributed by atoms with E-state index < -0.39 is 10.7 Å². The van der Waals surface area contributed by atoms with Crippen LogP contribution in [-0.2, 0) is 6.54 Å². The van der Waals surface area contributed by atoms with Gasteiger partial charge in [-0.1, -0.05) is 12.1 Å². The first-order valence-corrected chi connectivity index (χ1v) is 5.94. The zero-order valence-corrected chi connectivity index (χ0v) is 11.1. The minimum Gasteiger partial charge on any atom is -0.363 e. The number of hydrogen-bond donors (Lipinski definition) is 1. The van der Waals surface area contributed by atoms with Gasteiger partial charge in [0.15, 0.2) is 11.6 Å². The number of hydrogen-bond acceptors (Lipinski definition) is 5. The number of aryl methyl sites for hydroxylation is 1. The molecule has 104 valence electrons. The van der Waals surface area contributed by atoms with Crippen LogP contribution in [0.25, 0.3) is 0 Å². The third-order valence-corrected chi connectivity index (χ3v) is 3.02. The Morgan fingerprint density at radius 3 is 2.80 bits per heavy atom. The molecule has 1 heterocycles. The molecule has 7 heteroatoms. The maximum Gasteiger partial charge on any atom is 0.272 e. The number of halogens is 1. The summed E-state index contributed by atoms with van der Waals surface area (Å²) < 4.78 is 13.7. The molecule has 0 aliphatic carbocycles. The average molecular weight is 276 g/mol. The lowest BCUT2D eigenvalue weighted by Gasteiger charge is -2.09. The van der Waals surface area contributed by atoms with Crippen LogP contribution in [0.4, 0.5) is 15.9 Å². The third-order valence-electron chi connectivity index (χ3n) is 3.02. The molecule has 2 rings (SSSR count). The molecule has 0 unspecified atom stereocenters. The lowest BCUT2D eigenvalue weighted by molar-refractivity contribution is -0.385. The second kappa shape index (κ2) is 5.60. The van der Waals surface area contributed by atoms with E-state index in [9.17, 15) is 14.5 Å². The monoisotopic (exact) mass is 276 g/mol. The number of nitro benzene ring substituents is 1. The summed E-state index contributed by atoms with van der Waals surface area (Å²) in [5.74, 6) is -0.431. The molecule has 0 saturated carbocycles. The topological polar surface area (TPSA) is 81.0 Å². The molecule has 0 amide bonds. The van der Waals surface area contributed by atoms with Gasteiger partial charge in [0.2, 0.25) is 0 Å². The Balaban J connectivity index is 2.21. The van der Waals surface area contributed by atoms with Crippen molar-refractivity contribution in [3.8, 4) is 0 Å². The van der Waals surface area contributed by atoms with Crippen molar-refractivity contribution in [2.24, 2.45) is 0 Å². The quantitative estimate of drug-likeness (QED) is 0.686. The Hall–Kier alpha value is -2.57. The number of rotatable bonds is 4. The van der Waals surface area contributed by atoms with Crippen LogP contribution in [-0.4, -0.2) is 14.9 Å². The van der Waals surface area contributed by atoms with E-state index in [0.717, 1.165) is 5.56 Å². The van der Waals surface area contributed by atoms with Gasteiger partial charge < -0.3 is 5.32 Å². The van der Waals surface area contributed by atoms with Crippen LogP contribution in [0.2, 0.25) is 0 Å². The van der Waals surface area contributed by atoms with Crippen LogP contribution in [0.15, 0.2) is 24.5 Å². The molecular weight excluding hydrogens is 263 g/mol. The van der Waals surface area contributed by atoms with Gasteiger partial charge >= 0.3 is 0 Å². The van der Waals surface area contributed by atoms with E-state index in [0.29, 0.717) is 5.56 Å². The molecule has 0 spiro atoms. The Bertz CT molecular complexity index is 661. The number of nitrogens with zero attached hydrogens (tertiary/aromatic N) is 3. The fraction of sp³-hybridized carbons (Fsp3) is 0.231. The smallest absolute Gasteiger partial charge is 0.272 e. The van der Waals surface area contributed by atoms with E-state index >= 15 is 0 Å². The lowest BCUT2D eigenvalue weighted by atomic mass is 10.1. The summed E-state index contributed by atoms with van der Waals surface area (Å²) in [6.07, 6.45) is 1.26. The van der Waals surface area contributed by atoms with E-state index in [-0.39, 0.29) is 23.7 Å². The number of nitrogens with one attached hydrogen (secondary N) is 1. The Morgan fingerprint density at radius 1 is 1.35 bits per heavy atom.